The molecule has 2 aliphatic rings. The molecule has 4 N–H and O–H groups in total. The van der Waals surface area contributed by atoms with Crippen LogP contribution < -0.4 is 21.3 Å². The van der Waals surface area contributed by atoms with Gasteiger partial charge in [-0.2, -0.15) is 0 Å². The van der Waals surface area contributed by atoms with Gasteiger partial charge in [-0.3, -0.25) is 4.79 Å². The molecule has 0 aromatic carbocycles. The van der Waals surface area contributed by atoms with E-state index in [0.29, 0.717) is 18.5 Å². The molecular weight excluding hydrogens is 531 g/mol. The molecule has 1 aliphatic carbocycles. The van der Waals surface area contributed by atoms with E-state index < -0.39 is 0 Å². The van der Waals surface area contributed by atoms with Gasteiger partial charge >= 0.3 is 0 Å². The van der Waals surface area contributed by atoms with Crippen LogP contribution in [0.25, 0.3) is 0 Å². The molecule has 1 aliphatic heterocycles. The second kappa shape index (κ2) is 13.9. The number of aromatic nitrogens is 1. The van der Waals surface area contributed by atoms with Crippen LogP contribution in [-0.4, -0.2) is 56.7 Å². The number of hydrogen-bond donors (Lipinski definition) is 3. The summed E-state index contributed by atoms with van der Waals surface area (Å²) in [5, 5.41) is 6.98. The third-order valence-corrected chi connectivity index (χ3v) is 6.87. The molecule has 1 aromatic rings. The number of carbonyl (C=O) groups is 1. The normalized spacial score (nSPS) is 20.2. The molecule has 1 saturated carbocycles. The number of methoxy groups -OCH3 is 1. The second-order valence-corrected chi connectivity index (χ2v) is 9.17. The summed E-state index contributed by atoms with van der Waals surface area (Å²) in [5.74, 6) is 1.40. The molecular formula is C24H41IN6O2. The zero-order valence-electron chi connectivity index (χ0n) is 20.1. The highest BCUT2D eigenvalue weighted by atomic mass is 127. The highest BCUT2D eigenvalue weighted by Crippen LogP contribution is 2.40. The largest absolute Gasteiger partial charge is 0.385 e. The molecule has 0 spiro atoms. The van der Waals surface area contributed by atoms with E-state index in [1.54, 1.807) is 13.3 Å². The number of anilines is 1. The Morgan fingerprint density at radius 2 is 2.12 bits per heavy atom. The SMILES string of the molecule is CCNC(=NCc1cccnc1N1CCCC(C(N)=O)C1)NCC1(CCOC)CCCC1.I. The molecule has 1 amide bonds. The van der Waals surface area contributed by atoms with Crippen LogP contribution in [0.1, 0.15) is 57.4 Å². The number of pyridine rings is 1. The van der Waals surface area contributed by atoms with E-state index in [9.17, 15) is 4.79 Å². The molecule has 0 radical (unpaired) electrons. The Labute approximate surface area is 215 Å². The fourth-order valence-electron chi connectivity index (χ4n) is 4.98. The maximum absolute atomic E-state index is 11.7. The predicted molar refractivity (Wildman–Crippen MR) is 144 cm³/mol. The predicted octanol–water partition coefficient (Wildman–Crippen LogP) is 3.05. The Morgan fingerprint density at radius 3 is 2.82 bits per heavy atom. The van der Waals surface area contributed by atoms with Crippen molar-refractivity contribution < 1.29 is 9.53 Å². The first-order valence-corrected chi connectivity index (χ1v) is 12.1. The molecule has 2 heterocycles. The molecule has 1 aromatic heterocycles. The Morgan fingerprint density at radius 1 is 1.33 bits per heavy atom. The van der Waals surface area contributed by atoms with Crippen molar-refractivity contribution >= 4 is 41.7 Å². The van der Waals surface area contributed by atoms with Crippen molar-refractivity contribution in [3.05, 3.63) is 23.9 Å². The number of piperidine rings is 1. The summed E-state index contributed by atoms with van der Waals surface area (Å²) in [5.41, 5.74) is 6.93. The summed E-state index contributed by atoms with van der Waals surface area (Å²) in [6, 6.07) is 4.02. The summed E-state index contributed by atoms with van der Waals surface area (Å²) in [4.78, 5) is 23.4. The molecule has 9 heteroatoms. The molecule has 33 heavy (non-hydrogen) atoms. The van der Waals surface area contributed by atoms with Gasteiger partial charge in [-0.05, 0) is 50.5 Å². The van der Waals surface area contributed by atoms with Gasteiger partial charge < -0.3 is 26.0 Å². The molecule has 1 saturated heterocycles. The van der Waals surface area contributed by atoms with E-state index in [4.69, 9.17) is 15.5 Å². The Kier molecular flexibility index (Phi) is 11.7. The number of nitrogens with zero attached hydrogens (tertiary/aromatic N) is 3. The standard InChI is InChI=1S/C24H40N6O2.HI/c1-3-26-23(29-18-24(12-15-32-2)10-4-5-11-24)28-16-19-8-6-13-27-22(19)30-14-7-9-20(17-30)21(25)31;/h6,8,13,20H,3-5,7,9-12,14-18H2,1-2H3,(H2,25,31)(H2,26,28,29);1H. The number of hydrogen-bond acceptors (Lipinski definition) is 5. The Balaban J connectivity index is 0.00000385. The van der Waals surface area contributed by atoms with Crippen molar-refractivity contribution in [2.24, 2.45) is 22.1 Å². The average Bonchev–Trinajstić information content (AvgIpc) is 3.29. The lowest BCUT2D eigenvalue weighted by molar-refractivity contribution is -0.122. The first-order valence-electron chi connectivity index (χ1n) is 12.1. The van der Waals surface area contributed by atoms with Crippen molar-refractivity contribution in [3.63, 3.8) is 0 Å². The van der Waals surface area contributed by atoms with E-state index >= 15 is 0 Å². The van der Waals surface area contributed by atoms with Crippen LogP contribution in [0.5, 0.6) is 0 Å². The summed E-state index contributed by atoms with van der Waals surface area (Å²) >= 11 is 0. The zero-order chi connectivity index (χ0) is 22.8. The third-order valence-electron chi connectivity index (χ3n) is 6.87. The number of rotatable bonds is 10. The molecule has 0 bridgehead atoms. The number of amides is 1. The van der Waals surface area contributed by atoms with Gasteiger partial charge in [-0.15, -0.1) is 24.0 Å². The quantitative estimate of drug-likeness (QED) is 0.226. The van der Waals surface area contributed by atoms with Crippen molar-refractivity contribution in [1.29, 1.82) is 0 Å². The molecule has 186 valence electrons. The molecule has 1 atom stereocenters. The fourth-order valence-corrected chi connectivity index (χ4v) is 4.98. The fraction of sp³-hybridized carbons (Fsp3) is 0.708. The molecule has 8 nitrogen and oxygen atoms in total. The van der Waals surface area contributed by atoms with Gasteiger partial charge in [0.2, 0.25) is 5.91 Å². The van der Waals surface area contributed by atoms with Gasteiger partial charge in [0.1, 0.15) is 5.82 Å². The summed E-state index contributed by atoms with van der Waals surface area (Å²) in [6.45, 7) is 6.65. The first-order chi connectivity index (χ1) is 15.6. The third kappa shape index (κ3) is 7.98. The summed E-state index contributed by atoms with van der Waals surface area (Å²) in [6.07, 6.45) is 9.75. The minimum atomic E-state index is -0.224. The van der Waals surface area contributed by atoms with Crippen LogP contribution in [0.2, 0.25) is 0 Å². The van der Waals surface area contributed by atoms with Crippen LogP contribution in [0.15, 0.2) is 23.3 Å². The second-order valence-electron chi connectivity index (χ2n) is 9.17. The van der Waals surface area contributed by atoms with Crippen LogP contribution >= 0.6 is 24.0 Å². The summed E-state index contributed by atoms with van der Waals surface area (Å²) in [7, 11) is 1.78. The van der Waals surface area contributed by atoms with Crippen LogP contribution in [0.3, 0.4) is 0 Å². The van der Waals surface area contributed by atoms with E-state index in [1.165, 1.54) is 25.7 Å². The van der Waals surface area contributed by atoms with Crippen LogP contribution in [0.4, 0.5) is 5.82 Å². The molecule has 1 unspecified atom stereocenters. The first kappa shape index (κ1) is 27.6. The molecule has 2 fully saturated rings. The maximum atomic E-state index is 11.7. The lowest BCUT2D eigenvalue weighted by atomic mass is 9.83. The topological polar surface area (TPSA) is 105 Å². The average molecular weight is 573 g/mol. The van der Waals surface area contributed by atoms with Crippen molar-refractivity contribution in [2.45, 2.75) is 58.4 Å². The number of nitrogens with one attached hydrogen (secondary N) is 2. The zero-order valence-corrected chi connectivity index (χ0v) is 22.5. The van der Waals surface area contributed by atoms with Gasteiger partial charge in [-0.25, -0.2) is 9.98 Å². The number of carbonyl (C=O) groups excluding carboxylic acids is 1. The van der Waals surface area contributed by atoms with Gasteiger partial charge in [0, 0.05) is 51.7 Å². The monoisotopic (exact) mass is 572 g/mol. The Hall–Kier alpha value is -1.62. The van der Waals surface area contributed by atoms with E-state index in [-0.39, 0.29) is 35.8 Å². The van der Waals surface area contributed by atoms with Crippen molar-refractivity contribution in [1.82, 2.24) is 15.6 Å². The minimum absolute atomic E-state index is 0. The Bertz CT molecular complexity index is 769. The highest BCUT2D eigenvalue weighted by molar-refractivity contribution is 14.0. The number of halogens is 1. The smallest absolute Gasteiger partial charge is 0.222 e. The van der Waals surface area contributed by atoms with E-state index in [2.05, 4.69) is 33.5 Å². The number of primary amides is 1. The van der Waals surface area contributed by atoms with Gasteiger partial charge in [0.25, 0.3) is 0 Å². The number of ether oxygens (including phenoxy) is 1. The van der Waals surface area contributed by atoms with E-state index in [1.807, 2.05) is 6.07 Å². The van der Waals surface area contributed by atoms with Gasteiger partial charge in [0.15, 0.2) is 5.96 Å². The number of guanidine groups is 1. The van der Waals surface area contributed by atoms with Crippen LogP contribution in [0, 0.1) is 11.3 Å². The number of nitrogens with two attached hydrogens (primary N) is 1. The number of aliphatic imine (C=N–C) groups is 1. The van der Waals surface area contributed by atoms with Crippen molar-refractivity contribution in [2.75, 3.05) is 44.8 Å². The maximum Gasteiger partial charge on any atom is 0.222 e. The molecule has 3 rings (SSSR count). The van der Waals surface area contributed by atoms with Gasteiger partial charge in [0.05, 0.1) is 12.5 Å². The van der Waals surface area contributed by atoms with Crippen molar-refractivity contribution in [3.8, 4) is 0 Å². The van der Waals surface area contributed by atoms with Crippen LogP contribution in [-0.2, 0) is 16.1 Å². The highest BCUT2D eigenvalue weighted by Gasteiger charge is 2.33. The van der Waals surface area contributed by atoms with Gasteiger partial charge in [-0.1, -0.05) is 18.9 Å². The lowest BCUT2D eigenvalue weighted by Gasteiger charge is -2.33. The summed E-state index contributed by atoms with van der Waals surface area (Å²) < 4.78 is 5.37. The lowest BCUT2D eigenvalue weighted by Crippen LogP contribution is -2.43. The van der Waals surface area contributed by atoms with E-state index in [0.717, 1.165) is 62.8 Å². The minimum Gasteiger partial charge on any atom is -0.385 e.